The first-order chi connectivity index (χ1) is 12.7. The number of carbonyl (C=O) groups is 1. The standard InChI is InChI=1S/C14H13N5O7S/c1-26-10-5-8(19(24)25)4-7(12(10)22)6-15-18-13(23)9(2-3-11(20)21)16-17-14(18)27/h4-6,22H,2-3H2,1H3,(H,17,27)(H,20,21)/b15-6-. The number of non-ortho nitro benzene ring substituents is 1. The number of hydrogen-bond acceptors (Lipinski definition) is 9. The number of methoxy groups -OCH3 is 1. The fourth-order valence-corrected chi connectivity index (χ4v) is 2.19. The van der Waals surface area contributed by atoms with E-state index < -0.39 is 22.2 Å². The Labute approximate surface area is 155 Å². The van der Waals surface area contributed by atoms with Gasteiger partial charge in [-0.05, 0) is 12.2 Å². The zero-order chi connectivity index (χ0) is 20.1. The number of phenolic OH excluding ortho intramolecular Hbond substituents is 1. The van der Waals surface area contributed by atoms with E-state index in [9.17, 15) is 24.8 Å². The minimum atomic E-state index is -1.11. The molecule has 2 aromatic rings. The Bertz CT molecular complexity index is 1040. The van der Waals surface area contributed by atoms with Gasteiger partial charge in [0, 0.05) is 18.1 Å². The van der Waals surface area contributed by atoms with Crippen LogP contribution in [0.15, 0.2) is 22.0 Å². The zero-order valence-electron chi connectivity index (χ0n) is 13.8. The van der Waals surface area contributed by atoms with Gasteiger partial charge < -0.3 is 14.9 Å². The summed E-state index contributed by atoms with van der Waals surface area (Å²) in [5.74, 6) is -1.68. The molecular formula is C14H13N5O7S. The zero-order valence-corrected chi connectivity index (χ0v) is 14.6. The molecule has 13 heteroatoms. The van der Waals surface area contributed by atoms with E-state index >= 15 is 0 Å². The summed E-state index contributed by atoms with van der Waals surface area (Å²) in [7, 11) is 1.22. The van der Waals surface area contributed by atoms with Crippen molar-refractivity contribution >= 4 is 30.1 Å². The smallest absolute Gasteiger partial charge is 0.303 e. The molecule has 0 saturated heterocycles. The van der Waals surface area contributed by atoms with Crippen LogP contribution in [0.3, 0.4) is 0 Å². The van der Waals surface area contributed by atoms with Crippen LogP contribution in [-0.4, -0.2) is 49.3 Å². The molecule has 0 fully saturated rings. The SMILES string of the molecule is COc1cc([N+](=O)[O-])cc(/C=N\n2c(=S)[nH]nc(CCC(=O)O)c2=O)c1O. The Morgan fingerprint density at radius 3 is 2.85 bits per heavy atom. The van der Waals surface area contributed by atoms with Gasteiger partial charge in [0.15, 0.2) is 11.5 Å². The highest BCUT2D eigenvalue weighted by Gasteiger charge is 2.16. The molecule has 1 aromatic heterocycles. The number of aromatic hydroxyl groups is 1. The molecule has 1 aromatic carbocycles. The summed E-state index contributed by atoms with van der Waals surface area (Å²) < 4.78 is 5.41. The number of nitrogens with one attached hydrogen (secondary N) is 1. The molecule has 0 saturated carbocycles. The van der Waals surface area contributed by atoms with Crippen molar-refractivity contribution in [2.75, 3.05) is 7.11 Å². The van der Waals surface area contributed by atoms with E-state index in [0.29, 0.717) is 0 Å². The third-order valence-electron chi connectivity index (χ3n) is 3.33. The molecule has 27 heavy (non-hydrogen) atoms. The summed E-state index contributed by atoms with van der Waals surface area (Å²) in [6, 6.07) is 2.06. The van der Waals surface area contributed by atoms with E-state index in [2.05, 4.69) is 15.3 Å². The highest BCUT2D eigenvalue weighted by molar-refractivity contribution is 7.71. The normalized spacial score (nSPS) is 10.9. The number of nitro groups is 1. The number of ether oxygens (including phenoxy) is 1. The highest BCUT2D eigenvalue weighted by atomic mass is 32.1. The Balaban J connectivity index is 2.49. The molecule has 1 heterocycles. The number of nitro benzene ring substituents is 1. The minimum Gasteiger partial charge on any atom is -0.504 e. The minimum absolute atomic E-state index is 0.0914. The van der Waals surface area contributed by atoms with Crippen LogP contribution in [0, 0.1) is 14.9 Å². The average Bonchev–Trinajstić information content (AvgIpc) is 2.61. The number of rotatable bonds is 7. The second kappa shape index (κ2) is 8.18. The number of phenols is 1. The van der Waals surface area contributed by atoms with Crippen molar-refractivity contribution in [1.82, 2.24) is 14.9 Å². The van der Waals surface area contributed by atoms with Gasteiger partial charge >= 0.3 is 5.97 Å². The molecule has 0 aliphatic heterocycles. The van der Waals surface area contributed by atoms with E-state index in [1.54, 1.807) is 0 Å². The van der Waals surface area contributed by atoms with Crippen LogP contribution >= 0.6 is 12.2 Å². The molecule has 3 N–H and O–H groups in total. The van der Waals surface area contributed by atoms with E-state index in [1.165, 1.54) is 7.11 Å². The van der Waals surface area contributed by atoms with Gasteiger partial charge in [-0.2, -0.15) is 14.9 Å². The van der Waals surface area contributed by atoms with Crippen molar-refractivity contribution in [3.8, 4) is 11.5 Å². The third-order valence-corrected chi connectivity index (χ3v) is 3.59. The first-order valence-corrected chi connectivity index (χ1v) is 7.67. The number of benzene rings is 1. The number of hydrogen-bond donors (Lipinski definition) is 3. The number of carboxylic acids is 1. The summed E-state index contributed by atoms with van der Waals surface area (Å²) >= 11 is 4.92. The quantitative estimate of drug-likeness (QED) is 0.265. The largest absolute Gasteiger partial charge is 0.504 e. The Morgan fingerprint density at radius 2 is 2.26 bits per heavy atom. The summed E-state index contributed by atoms with van der Waals surface area (Å²) in [4.78, 5) is 33.2. The van der Waals surface area contributed by atoms with Gasteiger partial charge in [-0.25, -0.2) is 0 Å². The highest BCUT2D eigenvalue weighted by Crippen LogP contribution is 2.33. The van der Waals surface area contributed by atoms with Crippen LogP contribution in [0.1, 0.15) is 17.7 Å². The van der Waals surface area contributed by atoms with Gasteiger partial charge in [0.2, 0.25) is 4.77 Å². The van der Waals surface area contributed by atoms with Crippen LogP contribution in [0.5, 0.6) is 11.5 Å². The van der Waals surface area contributed by atoms with Crippen LogP contribution < -0.4 is 10.3 Å². The fourth-order valence-electron chi connectivity index (χ4n) is 2.01. The Hall–Kier alpha value is -3.61. The van der Waals surface area contributed by atoms with Gasteiger partial charge in [-0.3, -0.25) is 24.8 Å². The molecular weight excluding hydrogens is 382 g/mol. The van der Waals surface area contributed by atoms with E-state index in [1.807, 2.05) is 0 Å². The number of aromatic amines is 1. The van der Waals surface area contributed by atoms with Crippen molar-refractivity contribution < 1.29 is 24.7 Å². The van der Waals surface area contributed by atoms with Crippen molar-refractivity contribution in [2.45, 2.75) is 12.8 Å². The predicted molar refractivity (Wildman–Crippen MR) is 93.9 cm³/mol. The molecule has 0 atom stereocenters. The lowest BCUT2D eigenvalue weighted by Crippen LogP contribution is -2.25. The maximum absolute atomic E-state index is 12.3. The van der Waals surface area contributed by atoms with Crippen molar-refractivity contribution in [3.63, 3.8) is 0 Å². The monoisotopic (exact) mass is 395 g/mol. The lowest BCUT2D eigenvalue weighted by molar-refractivity contribution is -0.385. The van der Waals surface area contributed by atoms with Gasteiger partial charge in [-0.1, -0.05) is 0 Å². The second-order valence-electron chi connectivity index (χ2n) is 5.07. The molecule has 2 rings (SSSR count). The first-order valence-electron chi connectivity index (χ1n) is 7.26. The van der Waals surface area contributed by atoms with Crippen LogP contribution in [0.4, 0.5) is 5.69 Å². The number of nitrogens with zero attached hydrogens (tertiary/aromatic N) is 4. The lowest BCUT2D eigenvalue weighted by atomic mass is 10.2. The summed E-state index contributed by atoms with van der Waals surface area (Å²) in [5.41, 5.74) is -1.32. The molecule has 0 aliphatic rings. The van der Waals surface area contributed by atoms with Gasteiger partial charge in [-0.15, -0.1) is 0 Å². The average molecular weight is 395 g/mol. The van der Waals surface area contributed by atoms with Gasteiger partial charge in [0.25, 0.3) is 11.2 Å². The van der Waals surface area contributed by atoms with E-state index in [4.69, 9.17) is 22.1 Å². The first kappa shape index (κ1) is 19.7. The van der Waals surface area contributed by atoms with Crippen LogP contribution in [0.2, 0.25) is 0 Å². The number of carboxylic acid groups (broad SMARTS) is 1. The number of aromatic nitrogens is 3. The van der Waals surface area contributed by atoms with Gasteiger partial charge in [0.05, 0.1) is 30.7 Å². The van der Waals surface area contributed by atoms with Crippen molar-refractivity contribution in [3.05, 3.63) is 48.6 Å². The van der Waals surface area contributed by atoms with Crippen molar-refractivity contribution in [1.29, 1.82) is 0 Å². The van der Waals surface area contributed by atoms with Crippen LogP contribution in [0.25, 0.3) is 0 Å². The second-order valence-corrected chi connectivity index (χ2v) is 5.46. The predicted octanol–water partition coefficient (Wildman–Crippen LogP) is 0.823. The van der Waals surface area contributed by atoms with Crippen LogP contribution in [-0.2, 0) is 11.2 Å². The summed E-state index contributed by atoms with van der Waals surface area (Å²) in [5, 5.41) is 39.6. The molecule has 0 aliphatic carbocycles. The maximum atomic E-state index is 12.3. The van der Waals surface area contributed by atoms with E-state index in [-0.39, 0.29) is 40.3 Å². The molecule has 142 valence electrons. The third kappa shape index (κ3) is 4.52. The molecule has 0 spiro atoms. The molecule has 12 nitrogen and oxygen atoms in total. The lowest BCUT2D eigenvalue weighted by Gasteiger charge is -2.06. The Kier molecular flexibility index (Phi) is 5.97. The fraction of sp³-hybridized carbons (Fsp3) is 0.214. The number of aryl methyl sites for hydroxylation is 1. The number of aliphatic carboxylic acids is 1. The molecule has 0 amide bonds. The van der Waals surface area contributed by atoms with Crippen molar-refractivity contribution in [2.24, 2.45) is 5.10 Å². The maximum Gasteiger partial charge on any atom is 0.303 e. The summed E-state index contributed by atoms with van der Waals surface area (Å²) in [6.45, 7) is 0. The Morgan fingerprint density at radius 1 is 1.56 bits per heavy atom. The summed E-state index contributed by atoms with van der Waals surface area (Å²) in [6.07, 6.45) is 0.516. The van der Waals surface area contributed by atoms with Gasteiger partial charge in [0.1, 0.15) is 5.69 Å². The molecule has 0 unspecified atom stereocenters. The topological polar surface area (TPSA) is 173 Å². The molecule has 0 radical (unpaired) electrons. The molecule has 0 bridgehead atoms. The van der Waals surface area contributed by atoms with E-state index in [0.717, 1.165) is 23.0 Å². The number of H-pyrrole nitrogens is 1.